The minimum Gasteiger partial charge on any atom is -0.462 e. The van der Waals surface area contributed by atoms with E-state index in [1.54, 1.807) is 0 Å². The third-order valence-electron chi connectivity index (χ3n) is 1.65. The summed E-state index contributed by atoms with van der Waals surface area (Å²) in [6.45, 7) is 9.26. The van der Waals surface area contributed by atoms with Crippen LogP contribution in [-0.4, -0.2) is 0 Å². The van der Waals surface area contributed by atoms with Gasteiger partial charge < -0.3 is 4.74 Å². The third-order valence-corrected chi connectivity index (χ3v) is 1.65. The standard InChI is InChI=1S/C11H14O/c1-4-10-7-5-6-8-11(10)12-9(2)3/h4,7-8H,1-2,5-6H2,3H3. The van der Waals surface area contributed by atoms with Gasteiger partial charge in [-0.2, -0.15) is 0 Å². The molecule has 0 amide bonds. The summed E-state index contributed by atoms with van der Waals surface area (Å²) in [7, 11) is 0. The lowest BCUT2D eigenvalue weighted by molar-refractivity contribution is 0.316. The van der Waals surface area contributed by atoms with Crippen LogP contribution in [0.1, 0.15) is 19.8 Å². The van der Waals surface area contributed by atoms with Gasteiger partial charge >= 0.3 is 0 Å². The maximum atomic E-state index is 5.42. The van der Waals surface area contributed by atoms with Gasteiger partial charge in [-0.3, -0.25) is 0 Å². The first kappa shape index (κ1) is 8.85. The molecule has 1 nitrogen and oxygen atoms in total. The number of hydrogen-bond acceptors (Lipinski definition) is 1. The first-order valence-electron chi connectivity index (χ1n) is 4.10. The lowest BCUT2D eigenvalue weighted by atomic mass is 10.1. The Morgan fingerprint density at radius 3 is 2.75 bits per heavy atom. The predicted octanol–water partition coefficient (Wildman–Crippen LogP) is 3.33. The fourth-order valence-corrected chi connectivity index (χ4v) is 1.14. The molecule has 0 bridgehead atoms. The lowest BCUT2D eigenvalue weighted by Gasteiger charge is -2.13. The Balaban J connectivity index is 2.73. The molecule has 12 heavy (non-hydrogen) atoms. The van der Waals surface area contributed by atoms with E-state index < -0.39 is 0 Å². The van der Waals surface area contributed by atoms with E-state index in [0.717, 1.165) is 29.9 Å². The van der Waals surface area contributed by atoms with Crippen molar-refractivity contribution in [1.82, 2.24) is 0 Å². The van der Waals surface area contributed by atoms with Crippen LogP contribution < -0.4 is 0 Å². The monoisotopic (exact) mass is 162 g/mol. The highest BCUT2D eigenvalue weighted by molar-refractivity contribution is 5.37. The Morgan fingerprint density at radius 2 is 2.17 bits per heavy atom. The van der Waals surface area contributed by atoms with E-state index in [1.165, 1.54) is 0 Å². The van der Waals surface area contributed by atoms with Crippen LogP contribution in [0.4, 0.5) is 0 Å². The zero-order chi connectivity index (χ0) is 8.97. The van der Waals surface area contributed by atoms with Crippen molar-refractivity contribution in [2.24, 2.45) is 0 Å². The first-order chi connectivity index (χ1) is 5.74. The summed E-state index contributed by atoms with van der Waals surface area (Å²) in [6.07, 6.45) is 8.13. The Bertz CT molecular complexity index is 256. The highest BCUT2D eigenvalue weighted by atomic mass is 16.5. The summed E-state index contributed by atoms with van der Waals surface area (Å²) in [4.78, 5) is 0. The summed E-state index contributed by atoms with van der Waals surface area (Å²) in [5.74, 6) is 1.61. The molecule has 0 saturated heterocycles. The molecule has 0 aromatic heterocycles. The van der Waals surface area contributed by atoms with Gasteiger partial charge in [0.15, 0.2) is 0 Å². The van der Waals surface area contributed by atoms with Crippen molar-refractivity contribution in [3.05, 3.63) is 48.5 Å². The van der Waals surface area contributed by atoms with Gasteiger partial charge in [-0.25, -0.2) is 0 Å². The average Bonchev–Trinajstić information content (AvgIpc) is 2.04. The predicted molar refractivity (Wildman–Crippen MR) is 51.5 cm³/mol. The summed E-state index contributed by atoms with van der Waals surface area (Å²) >= 11 is 0. The van der Waals surface area contributed by atoms with Gasteiger partial charge in [0.1, 0.15) is 5.76 Å². The maximum Gasteiger partial charge on any atom is 0.129 e. The number of rotatable bonds is 3. The molecule has 0 fully saturated rings. The second kappa shape index (κ2) is 3.96. The molecule has 0 heterocycles. The fraction of sp³-hybridized carbons (Fsp3) is 0.273. The molecule has 1 aliphatic carbocycles. The Hall–Kier alpha value is -1.24. The molecular formula is C11H14O. The quantitative estimate of drug-likeness (QED) is 0.578. The van der Waals surface area contributed by atoms with Gasteiger partial charge in [-0.05, 0) is 25.8 Å². The molecule has 0 radical (unpaired) electrons. The second-order valence-electron chi connectivity index (χ2n) is 2.81. The lowest BCUT2D eigenvalue weighted by Crippen LogP contribution is -1.96. The molecule has 0 aromatic carbocycles. The molecule has 1 aliphatic rings. The van der Waals surface area contributed by atoms with E-state index >= 15 is 0 Å². The summed E-state index contributed by atoms with van der Waals surface area (Å²) < 4.78 is 5.42. The molecule has 0 saturated carbocycles. The molecule has 0 unspecified atom stereocenters. The minimum absolute atomic E-state index is 0.718. The van der Waals surface area contributed by atoms with Gasteiger partial charge in [0.05, 0.1) is 5.76 Å². The summed E-state index contributed by atoms with van der Waals surface area (Å²) in [5.41, 5.74) is 1.07. The molecule has 64 valence electrons. The van der Waals surface area contributed by atoms with Gasteiger partial charge in [-0.15, -0.1) is 0 Å². The fourth-order valence-electron chi connectivity index (χ4n) is 1.14. The van der Waals surface area contributed by atoms with Crippen LogP contribution >= 0.6 is 0 Å². The van der Waals surface area contributed by atoms with Crippen LogP contribution in [0, 0.1) is 0 Å². The smallest absolute Gasteiger partial charge is 0.129 e. The summed E-state index contributed by atoms with van der Waals surface area (Å²) in [6, 6.07) is 0. The van der Waals surface area contributed by atoms with Crippen LogP contribution in [0.15, 0.2) is 48.5 Å². The van der Waals surface area contributed by atoms with E-state index in [-0.39, 0.29) is 0 Å². The third kappa shape index (κ3) is 2.12. The Labute approximate surface area is 73.7 Å². The van der Waals surface area contributed by atoms with E-state index in [1.807, 2.05) is 13.0 Å². The topological polar surface area (TPSA) is 9.23 Å². The molecule has 0 N–H and O–H groups in total. The molecule has 1 rings (SSSR count). The Morgan fingerprint density at radius 1 is 1.50 bits per heavy atom. The summed E-state index contributed by atoms with van der Waals surface area (Å²) in [5, 5.41) is 0. The normalized spacial score (nSPS) is 16.1. The van der Waals surface area contributed by atoms with Crippen molar-refractivity contribution >= 4 is 0 Å². The highest BCUT2D eigenvalue weighted by Gasteiger charge is 2.06. The average molecular weight is 162 g/mol. The second-order valence-corrected chi connectivity index (χ2v) is 2.81. The first-order valence-corrected chi connectivity index (χ1v) is 4.10. The van der Waals surface area contributed by atoms with Gasteiger partial charge in [0.2, 0.25) is 0 Å². The number of ether oxygens (including phenoxy) is 1. The molecule has 1 heteroatoms. The van der Waals surface area contributed by atoms with Crippen LogP contribution in [0.5, 0.6) is 0 Å². The zero-order valence-electron chi connectivity index (χ0n) is 7.47. The van der Waals surface area contributed by atoms with Crippen LogP contribution in [-0.2, 0) is 4.74 Å². The maximum absolute atomic E-state index is 5.42. The van der Waals surface area contributed by atoms with Crippen molar-refractivity contribution in [2.75, 3.05) is 0 Å². The molecule has 0 atom stereocenters. The van der Waals surface area contributed by atoms with E-state index in [2.05, 4.69) is 25.3 Å². The van der Waals surface area contributed by atoms with Gasteiger partial charge in [0.25, 0.3) is 0 Å². The zero-order valence-corrected chi connectivity index (χ0v) is 7.47. The van der Waals surface area contributed by atoms with Crippen LogP contribution in [0.25, 0.3) is 0 Å². The molecule has 0 aromatic rings. The van der Waals surface area contributed by atoms with Crippen molar-refractivity contribution in [1.29, 1.82) is 0 Å². The minimum atomic E-state index is 0.718. The van der Waals surface area contributed by atoms with Crippen molar-refractivity contribution in [3.63, 3.8) is 0 Å². The van der Waals surface area contributed by atoms with Crippen molar-refractivity contribution in [2.45, 2.75) is 19.8 Å². The molecule has 0 spiro atoms. The highest BCUT2D eigenvalue weighted by Crippen LogP contribution is 2.22. The molecule has 0 aliphatic heterocycles. The van der Waals surface area contributed by atoms with Gasteiger partial charge in [0, 0.05) is 5.57 Å². The number of hydrogen-bond donors (Lipinski definition) is 0. The molecular weight excluding hydrogens is 148 g/mol. The van der Waals surface area contributed by atoms with Gasteiger partial charge in [-0.1, -0.05) is 25.3 Å². The van der Waals surface area contributed by atoms with Crippen LogP contribution in [0.3, 0.4) is 0 Å². The number of allylic oxidation sites excluding steroid dienone is 4. The SMILES string of the molecule is C=CC1=CCCC=C1OC(=C)C. The van der Waals surface area contributed by atoms with E-state index in [0.29, 0.717) is 0 Å². The van der Waals surface area contributed by atoms with Crippen LogP contribution in [0.2, 0.25) is 0 Å². The Kier molecular flexibility index (Phi) is 2.92. The van der Waals surface area contributed by atoms with E-state index in [9.17, 15) is 0 Å². The largest absolute Gasteiger partial charge is 0.462 e. The van der Waals surface area contributed by atoms with Crippen molar-refractivity contribution in [3.8, 4) is 0 Å². The van der Waals surface area contributed by atoms with E-state index in [4.69, 9.17) is 4.74 Å². The van der Waals surface area contributed by atoms with Crippen molar-refractivity contribution < 1.29 is 4.74 Å².